The van der Waals surface area contributed by atoms with Crippen molar-refractivity contribution in [2.45, 2.75) is 0 Å². The van der Waals surface area contributed by atoms with E-state index in [0.29, 0.717) is 0 Å². The molecule has 36 valence electrons. The van der Waals surface area contributed by atoms with Gasteiger partial charge in [0.2, 0.25) is 0 Å². The standard InChI is InChI=1S/AsH2NO4/c3-1(4)2(5)6/h1H,(H,3,4). The molecule has 0 amide bonds. The summed E-state index contributed by atoms with van der Waals surface area (Å²) in [6.45, 7) is 0. The van der Waals surface area contributed by atoms with E-state index in [1.54, 1.807) is 0 Å². The van der Waals surface area contributed by atoms with E-state index in [1.807, 2.05) is 0 Å². The van der Waals surface area contributed by atoms with Crippen LogP contribution in [-0.4, -0.2) is 23.1 Å². The van der Waals surface area contributed by atoms with E-state index in [4.69, 9.17) is 14.2 Å². The molecule has 0 aliphatic carbocycles. The van der Waals surface area contributed by atoms with Crippen LogP contribution in [0, 0.1) is 10.1 Å². The molecule has 0 rings (SSSR count). The van der Waals surface area contributed by atoms with Crippen LogP contribution in [0.2, 0.25) is 0 Å². The average molecular weight is 155 g/mol. The Balaban J connectivity index is 3.57. The molecule has 0 radical (unpaired) electrons. The van der Waals surface area contributed by atoms with Crippen LogP contribution < -0.4 is 0 Å². The average Bonchev–Trinajstić information content (AvgIpc) is 1.36. The first kappa shape index (κ1) is 5.72. The number of nitro groups is 1. The summed E-state index contributed by atoms with van der Waals surface area (Å²) in [5.41, 5.74) is 0. The van der Waals surface area contributed by atoms with Crippen molar-refractivity contribution in [3.8, 4) is 0 Å². The van der Waals surface area contributed by atoms with Crippen LogP contribution in [0.3, 0.4) is 0 Å². The van der Waals surface area contributed by atoms with Crippen molar-refractivity contribution in [2.75, 3.05) is 0 Å². The summed E-state index contributed by atoms with van der Waals surface area (Å²) in [5, 5.41) is 9.02. The number of nitrogens with zero attached hydrogens (tertiary/aromatic N) is 1. The van der Waals surface area contributed by atoms with Crippen molar-refractivity contribution in [2.24, 2.45) is 0 Å². The first-order valence-corrected chi connectivity index (χ1v) is 3.75. The van der Waals surface area contributed by atoms with E-state index in [9.17, 15) is 3.74 Å². The molecule has 0 saturated heterocycles. The van der Waals surface area contributed by atoms with E-state index in [1.165, 1.54) is 0 Å². The second-order valence-electron chi connectivity index (χ2n) is 0.540. The van der Waals surface area contributed by atoms with Crippen molar-refractivity contribution < 1.29 is 11.7 Å². The van der Waals surface area contributed by atoms with Gasteiger partial charge in [-0.15, -0.1) is 0 Å². The fourth-order valence-corrected chi connectivity index (χ4v) is 0. The van der Waals surface area contributed by atoms with Gasteiger partial charge in [0, 0.05) is 0 Å². The molecule has 6 heavy (non-hydrogen) atoms. The van der Waals surface area contributed by atoms with Gasteiger partial charge in [0.15, 0.2) is 0 Å². The minimum absolute atomic E-state index is 1.17. The van der Waals surface area contributed by atoms with Gasteiger partial charge >= 0.3 is 36.9 Å². The maximum absolute atomic E-state index is 9.25. The van der Waals surface area contributed by atoms with Gasteiger partial charge in [0.1, 0.15) is 0 Å². The second kappa shape index (κ2) is 2.00. The Labute approximate surface area is 37.8 Å². The summed E-state index contributed by atoms with van der Waals surface area (Å²) in [4.78, 5) is 9.02. The van der Waals surface area contributed by atoms with Crippen LogP contribution >= 0.6 is 0 Å². The zero-order chi connectivity index (χ0) is 5.15. The van der Waals surface area contributed by atoms with Gasteiger partial charge < -0.3 is 0 Å². The van der Waals surface area contributed by atoms with Crippen LogP contribution in [0.5, 0.6) is 0 Å². The molecule has 0 aromatic carbocycles. The summed E-state index contributed by atoms with van der Waals surface area (Å²) >= 11 is -3.99. The molecule has 0 aliphatic rings. The molecular weight excluding hydrogens is 153 g/mol. The molecule has 5 nitrogen and oxygen atoms in total. The fourth-order valence-electron chi connectivity index (χ4n) is 0. The molecule has 0 saturated carbocycles. The molecule has 0 spiro atoms. The Hall–Kier alpha value is -0.282. The predicted octanol–water partition coefficient (Wildman–Crippen LogP) is -1.60. The summed E-state index contributed by atoms with van der Waals surface area (Å²) in [5.74, 6) is 0. The summed E-state index contributed by atoms with van der Waals surface area (Å²) < 4.78 is 15.6. The third-order valence-electron chi connectivity index (χ3n) is 0.156. The molecule has 1 atom stereocenters. The van der Waals surface area contributed by atoms with Gasteiger partial charge in [0.25, 0.3) is 0 Å². The van der Waals surface area contributed by atoms with Crippen LogP contribution in [0.15, 0.2) is 0 Å². The quantitative estimate of drug-likeness (QED) is 0.281. The maximum atomic E-state index is 9.25. The minimum atomic E-state index is -3.99. The van der Waals surface area contributed by atoms with Crippen LogP contribution in [0.1, 0.15) is 0 Å². The topological polar surface area (TPSA) is 80.4 Å². The van der Waals surface area contributed by atoms with E-state index >= 15 is 0 Å². The molecule has 6 heteroatoms. The molecule has 0 aliphatic heterocycles. The Kier molecular flexibility index (Phi) is 1.90. The Morgan fingerprint density at radius 3 is 2.00 bits per heavy atom. The number of hydrogen-bond donors (Lipinski definition) is 1. The van der Waals surface area contributed by atoms with E-state index < -0.39 is 19.0 Å². The predicted molar refractivity (Wildman–Crippen MR) is 17.0 cm³/mol. The molecule has 0 aromatic rings. The van der Waals surface area contributed by atoms with Gasteiger partial charge in [0.05, 0.1) is 0 Å². The van der Waals surface area contributed by atoms with E-state index in [0.717, 1.165) is 0 Å². The van der Waals surface area contributed by atoms with E-state index in [2.05, 4.69) is 0 Å². The Morgan fingerprint density at radius 2 is 2.00 bits per heavy atom. The molecule has 0 heterocycles. The van der Waals surface area contributed by atoms with E-state index in [-0.39, 0.29) is 0 Å². The molecular formula is H2AsNO4. The zero-order valence-corrected chi connectivity index (χ0v) is 4.72. The molecule has 0 aromatic heterocycles. The number of rotatable bonds is 1. The summed E-state index contributed by atoms with van der Waals surface area (Å²) in [6.07, 6.45) is 0. The van der Waals surface area contributed by atoms with Crippen LogP contribution in [-0.2, 0) is 3.74 Å². The van der Waals surface area contributed by atoms with Crippen molar-refractivity contribution in [3.63, 3.8) is 0 Å². The van der Waals surface area contributed by atoms with Crippen molar-refractivity contribution >= 4 is 15.2 Å². The Bertz CT molecular complexity index is 73.5. The third-order valence-corrected chi connectivity index (χ3v) is 0.812. The second-order valence-corrected chi connectivity index (χ2v) is 2.49. The van der Waals surface area contributed by atoms with Gasteiger partial charge in [-0.05, 0) is 0 Å². The van der Waals surface area contributed by atoms with Gasteiger partial charge in [-0.25, -0.2) is 0 Å². The monoisotopic (exact) mass is 155 g/mol. The summed E-state index contributed by atoms with van der Waals surface area (Å²) in [7, 11) is 0. The third kappa shape index (κ3) is 1.99. The molecule has 1 unspecified atom stereocenters. The molecule has 0 bridgehead atoms. The van der Waals surface area contributed by atoms with Crippen LogP contribution in [0.4, 0.5) is 0 Å². The Morgan fingerprint density at radius 1 is 1.83 bits per heavy atom. The van der Waals surface area contributed by atoms with Gasteiger partial charge in [-0.1, -0.05) is 0 Å². The SMILES string of the molecule is O=[N+]([O-])[AsH](=O)O. The fraction of sp³-hybridized carbons (Fsp3) is 0. The number of hydrogen-bond acceptors (Lipinski definition) is 3. The van der Waals surface area contributed by atoms with Gasteiger partial charge in [-0.2, -0.15) is 0 Å². The van der Waals surface area contributed by atoms with Crippen molar-refractivity contribution in [1.29, 1.82) is 0 Å². The molecule has 1 N–H and O–H groups in total. The van der Waals surface area contributed by atoms with Crippen LogP contribution in [0.25, 0.3) is 0 Å². The normalized spacial score (nSPS) is 13.5. The first-order chi connectivity index (χ1) is 2.64. The van der Waals surface area contributed by atoms with Gasteiger partial charge in [-0.3, -0.25) is 0 Å². The van der Waals surface area contributed by atoms with Crippen molar-refractivity contribution in [1.82, 2.24) is 0 Å². The zero-order valence-electron chi connectivity index (χ0n) is 2.62. The molecule has 0 fully saturated rings. The summed E-state index contributed by atoms with van der Waals surface area (Å²) in [6, 6.07) is 0. The van der Waals surface area contributed by atoms with Crippen molar-refractivity contribution in [3.05, 3.63) is 10.1 Å². The first-order valence-electron chi connectivity index (χ1n) is 1.02.